The van der Waals surface area contributed by atoms with Crippen molar-refractivity contribution >= 4 is 5.97 Å². The molecule has 1 aliphatic carbocycles. The van der Waals surface area contributed by atoms with E-state index in [1.807, 2.05) is 37.3 Å². The van der Waals surface area contributed by atoms with Crippen LogP contribution in [-0.4, -0.2) is 11.5 Å². The molecule has 0 aromatic heterocycles. The summed E-state index contributed by atoms with van der Waals surface area (Å²) in [5, 5.41) is 0. The van der Waals surface area contributed by atoms with E-state index in [-0.39, 0.29) is 11.9 Å². The second-order valence-corrected chi connectivity index (χ2v) is 6.03. The molecule has 1 fully saturated rings. The second-order valence-electron chi connectivity index (χ2n) is 6.03. The van der Waals surface area contributed by atoms with E-state index in [4.69, 9.17) is 10.5 Å². The van der Waals surface area contributed by atoms with Gasteiger partial charge in [0.05, 0.1) is 0 Å². The van der Waals surface area contributed by atoms with Gasteiger partial charge in [-0.25, -0.2) is 0 Å². The largest absolute Gasteiger partial charge is 0.459 e. The van der Waals surface area contributed by atoms with Crippen LogP contribution in [0.25, 0.3) is 0 Å². The summed E-state index contributed by atoms with van der Waals surface area (Å²) in [5.41, 5.74) is 6.43. The Morgan fingerprint density at radius 2 is 1.80 bits per heavy atom. The summed E-state index contributed by atoms with van der Waals surface area (Å²) < 4.78 is 5.42. The lowest BCUT2D eigenvalue weighted by atomic mass is 9.81. The van der Waals surface area contributed by atoms with Crippen molar-refractivity contribution < 1.29 is 9.53 Å². The maximum Gasteiger partial charge on any atom is 0.326 e. The summed E-state index contributed by atoms with van der Waals surface area (Å²) in [6, 6.07) is 9.73. The third-order valence-electron chi connectivity index (χ3n) is 4.36. The second kappa shape index (κ2) is 6.89. The number of nitrogens with two attached hydrogens (primary N) is 1. The van der Waals surface area contributed by atoms with Crippen molar-refractivity contribution in [2.75, 3.05) is 0 Å². The molecule has 0 aliphatic heterocycles. The van der Waals surface area contributed by atoms with Gasteiger partial charge in [0.15, 0.2) is 0 Å². The van der Waals surface area contributed by atoms with Gasteiger partial charge in [0.1, 0.15) is 12.1 Å². The predicted molar refractivity (Wildman–Crippen MR) is 80.0 cm³/mol. The number of carbonyl (C=O) groups is 1. The zero-order chi connectivity index (χ0) is 14.4. The highest BCUT2D eigenvalue weighted by Crippen LogP contribution is 2.31. The van der Waals surface area contributed by atoms with Crippen molar-refractivity contribution in [3.8, 4) is 0 Å². The van der Waals surface area contributed by atoms with E-state index in [2.05, 4.69) is 0 Å². The highest BCUT2D eigenvalue weighted by Gasteiger charge is 2.38. The molecule has 1 aromatic rings. The SMILES string of the molecule is CC(N)(C(=O)OCc1ccccc1)C1CCCCCC1. The average molecular weight is 275 g/mol. The van der Waals surface area contributed by atoms with Crippen LogP contribution in [0, 0.1) is 5.92 Å². The Morgan fingerprint density at radius 3 is 2.40 bits per heavy atom. The van der Waals surface area contributed by atoms with Crippen molar-refractivity contribution in [1.29, 1.82) is 0 Å². The minimum atomic E-state index is -0.862. The lowest BCUT2D eigenvalue weighted by Crippen LogP contribution is -2.52. The minimum Gasteiger partial charge on any atom is -0.459 e. The molecular formula is C17H25NO2. The summed E-state index contributed by atoms with van der Waals surface area (Å²) in [7, 11) is 0. The smallest absolute Gasteiger partial charge is 0.326 e. The minimum absolute atomic E-state index is 0.244. The summed E-state index contributed by atoms with van der Waals surface area (Å²) in [6.07, 6.45) is 6.92. The molecule has 1 unspecified atom stereocenters. The van der Waals surface area contributed by atoms with Gasteiger partial charge in [-0.3, -0.25) is 4.79 Å². The maximum atomic E-state index is 12.3. The zero-order valence-electron chi connectivity index (χ0n) is 12.3. The number of hydrogen-bond donors (Lipinski definition) is 1. The van der Waals surface area contributed by atoms with Gasteiger partial charge in [-0.2, -0.15) is 0 Å². The van der Waals surface area contributed by atoms with Crippen LogP contribution >= 0.6 is 0 Å². The van der Waals surface area contributed by atoms with Gasteiger partial charge >= 0.3 is 5.97 Å². The molecule has 1 atom stereocenters. The van der Waals surface area contributed by atoms with E-state index in [0.717, 1.165) is 18.4 Å². The first kappa shape index (κ1) is 15.0. The van der Waals surface area contributed by atoms with E-state index in [9.17, 15) is 4.79 Å². The molecule has 1 aromatic carbocycles. The van der Waals surface area contributed by atoms with Crippen LogP contribution in [-0.2, 0) is 16.1 Å². The van der Waals surface area contributed by atoms with Crippen LogP contribution in [0.4, 0.5) is 0 Å². The molecule has 0 saturated heterocycles. The fourth-order valence-electron chi connectivity index (χ4n) is 2.92. The molecule has 1 aliphatic rings. The zero-order valence-corrected chi connectivity index (χ0v) is 12.3. The summed E-state index contributed by atoms with van der Waals surface area (Å²) in [5.74, 6) is -0.0264. The summed E-state index contributed by atoms with van der Waals surface area (Å²) in [4.78, 5) is 12.3. The number of carbonyl (C=O) groups excluding carboxylic acids is 1. The molecular weight excluding hydrogens is 250 g/mol. The normalized spacial score (nSPS) is 19.9. The molecule has 0 amide bonds. The van der Waals surface area contributed by atoms with Crippen LogP contribution in [0.3, 0.4) is 0 Å². The first-order valence-corrected chi connectivity index (χ1v) is 7.61. The lowest BCUT2D eigenvalue weighted by molar-refractivity contribution is -0.153. The molecule has 0 bridgehead atoms. The first-order chi connectivity index (χ1) is 9.60. The Kier molecular flexibility index (Phi) is 5.18. The van der Waals surface area contributed by atoms with Gasteiger partial charge in [0.25, 0.3) is 0 Å². The van der Waals surface area contributed by atoms with Crippen LogP contribution in [0.5, 0.6) is 0 Å². The lowest BCUT2D eigenvalue weighted by Gasteiger charge is -2.31. The van der Waals surface area contributed by atoms with E-state index in [0.29, 0.717) is 6.61 Å². The Bertz CT molecular complexity index is 420. The maximum absolute atomic E-state index is 12.3. The van der Waals surface area contributed by atoms with Crippen molar-refractivity contribution in [3.63, 3.8) is 0 Å². The molecule has 3 nitrogen and oxygen atoms in total. The van der Waals surface area contributed by atoms with Crippen molar-refractivity contribution in [3.05, 3.63) is 35.9 Å². The monoisotopic (exact) mass is 275 g/mol. The predicted octanol–water partition coefficient (Wildman–Crippen LogP) is 3.42. The van der Waals surface area contributed by atoms with Crippen LogP contribution in [0.15, 0.2) is 30.3 Å². The van der Waals surface area contributed by atoms with E-state index in [1.165, 1.54) is 25.7 Å². The molecule has 2 N–H and O–H groups in total. The van der Waals surface area contributed by atoms with Gasteiger partial charge in [-0.1, -0.05) is 56.0 Å². The van der Waals surface area contributed by atoms with Crippen LogP contribution in [0.1, 0.15) is 51.0 Å². The molecule has 1 saturated carbocycles. The average Bonchev–Trinajstić information content (AvgIpc) is 2.75. The highest BCUT2D eigenvalue weighted by molar-refractivity contribution is 5.80. The van der Waals surface area contributed by atoms with E-state index < -0.39 is 5.54 Å². The number of rotatable bonds is 4. The number of hydrogen-bond acceptors (Lipinski definition) is 3. The molecule has 110 valence electrons. The van der Waals surface area contributed by atoms with Gasteiger partial charge in [0, 0.05) is 0 Å². The molecule has 0 radical (unpaired) electrons. The Balaban J connectivity index is 1.92. The molecule has 20 heavy (non-hydrogen) atoms. The standard InChI is InChI=1S/C17H25NO2/c1-17(18,15-11-7-2-3-8-12-15)16(19)20-13-14-9-5-4-6-10-14/h4-6,9-10,15H,2-3,7-8,11-13,18H2,1H3. The molecule has 3 heteroatoms. The third kappa shape index (κ3) is 3.83. The van der Waals surface area contributed by atoms with Gasteiger partial charge in [0.2, 0.25) is 0 Å². The Morgan fingerprint density at radius 1 is 1.20 bits per heavy atom. The molecule has 2 rings (SSSR count). The van der Waals surface area contributed by atoms with Crippen LogP contribution < -0.4 is 5.73 Å². The first-order valence-electron chi connectivity index (χ1n) is 7.61. The fraction of sp³-hybridized carbons (Fsp3) is 0.588. The molecule has 0 heterocycles. The van der Waals surface area contributed by atoms with Gasteiger partial charge < -0.3 is 10.5 Å². The number of benzene rings is 1. The topological polar surface area (TPSA) is 52.3 Å². The highest BCUT2D eigenvalue weighted by atomic mass is 16.5. The van der Waals surface area contributed by atoms with Crippen molar-refractivity contribution in [1.82, 2.24) is 0 Å². The van der Waals surface area contributed by atoms with Crippen LogP contribution in [0.2, 0.25) is 0 Å². The third-order valence-corrected chi connectivity index (χ3v) is 4.36. The van der Waals surface area contributed by atoms with E-state index >= 15 is 0 Å². The van der Waals surface area contributed by atoms with Crippen molar-refractivity contribution in [2.24, 2.45) is 11.7 Å². The van der Waals surface area contributed by atoms with E-state index in [1.54, 1.807) is 0 Å². The number of ether oxygens (including phenoxy) is 1. The summed E-state index contributed by atoms with van der Waals surface area (Å²) in [6.45, 7) is 2.13. The molecule has 0 spiro atoms. The quantitative estimate of drug-likeness (QED) is 0.676. The van der Waals surface area contributed by atoms with Crippen molar-refractivity contribution in [2.45, 2.75) is 57.6 Å². The Labute approximate surface area is 121 Å². The summed E-state index contributed by atoms with van der Waals surface area (Å²) >= 11 is 0. The Hall–Kier alpha value is -1.35. The van der Waals surface area contributed by atoms with Gasteiger partial charge in [-0.05, 0) is 31.2 Å². The van der Waals surface area contributed by atoms with Gasteiger partial charge in [-0.15, -0.1) is 0 Å². The fourth-order valence-corrected chi connectivity index (χ4v) is 2.92. The number of esters is 1.